The van der Waals surface area contributed by atoms with Gasteiger partial charge in [-0.25, -0.2) is 4.68 Å². The monoisotopic (exact) mass is 196 g/mol. The van der Waals surface area contributed by atoms with Gasteiger partial charge in [-0.3, -0.25) is 0 Å². The van der Waals surface area contributed by atoms with Crippen LogP contribution in [0.25, 0.3) is 0 Å². The lowest BCUT2D eigenvalue weighted by atomic mass is 10.2. The maximum atomic E-state index is 5.44. The van der Waals surface area contributed by atoms with Crippen molar-refractivity contribution in [3.05, 3.63) is 11.9 Å². The Balaban J connectivity index is 2.49. The summed E-state index contributed by atoms with van der Waals surface area (Å²) in [6.07, 6.45) is 6.30. The van der Waals surface area contributed by atoms with Gasteiger partial charge in [-0.2, -0.15) is 0 Å². The molecule has 0 spiro atoms. The summed E-state index contributed by atoms with van der Waals surface area (Å²) < 4.78 is 1.95. The third-order valence-electron chi connectivity index (χ3n) is 2.35. The minimum absolute atomic E-state index is 0.458. The molecule has 4 nitrogen and oxygen atoms in total. The standard InChI is InChI=1S/C10H20N4/c1-3-5-9(2)14-8-10(12-13-14)6-4-7-11/h8-9H,3-7,11H2,1-2H3. The molecule has 0 aliphatic heterocycles. The molecule has 0 aliphatic carbocycles. The number of nitrogens with zero attached hydrogens (tertiary/aromatic N) is 3. The van der Waals surface area contributed by atoms with Gasteiger partial charge in [0.2, 0.25) is 0 Å². The molecule has 2 N–H and O–H groups in total. The van der Waals surface area contributed by atoms with Crippen LogP contribution in [0.5, 0.6) is 0 Å². The molecule has 80 valence electrons. The number of aromatic nitrogens is 3. The summed E-state index contributed by atoms with van der Waals surface area (Å²) in [4.78, 5) is 0. The lowest BCUT2D eigenvalue weighted by molar-refractivity contribution is 0.443. The first-order valence-corrected chi connectivity index (χ1v) is 5.38. The van der Waals surface area contributed by atoms with Crippen LogP contribution >= 0.6 is 0 Å². The Morgan fingerprint density at radius 3 is 3.00 bits per heavy atom. The molecule has 4 heteroatoms. The number of nitrogens with two attached hydrogens (primary N) is 1. The van der Waals surface area contributed by atoms with Crippen LogP contribution in [0.4, 0.5) is 0 Å². The van der Waals surface area contributed by atoms with Gasteiger partial charge in [0.15, 0.2) is 0 Å². The van der Waals surface area contributed by atoms with E-state index in [4.69, 9.17) is 5.73 Å². The predicted octanol–water partition coefficient (Wildman–Crippen LogP) is 1.53. The summed E-state index contributed by atoms with van der Waals surface area (Å²) in [5, 5.41) is 8.23. The molecule has 14 heavy (non-hydrogen) atoms. The SMILES string of the molecule is CCCC(C)n1cc(CCCN)nn1. The zero-order valence-corrected chi connectivity index (χ0v) is 9.11. The van der Waals surface area contributed by atoms with Crippen molar-refractivity contribution in [3.8, 4) is 0 Å². The molecule has 0 bridgehead atoms. The van der Waals surface area contributed by atoms with Crippen LogP contribution in [0, 0.1) is 0 Å². The largest absolute Gasteiger partial charge is 0.330 e. The van der Waals surface area contributed by atoms with Crippen molar-refractivity contribution in [2.75, 3.05) is 6.54 Å². The summed E-state index contributed by atoms with van der Waals surface area (Å²) in [6.45, 7) is 5.07. The van der Waals surface area contributed by atoms with E-state index in [-0.39, 0.29) is 0 Å². The molecule has 1 atom stereocenters. The third kappa shape index (κ3) is 3.10. The van der Waals surface area contributed by atoms with Crippen molar-refractivity contribution in [3.63, 3.8) is 0 Å². The smallest absolute Gasteiger partial charge is 0.0827 e. The number of hydrogen-bond acceptors (Lipinski definition) is 3. The van der Waals surface area contributed by atoms with Gasteiger partial charge in [0.1, 0.15) is 0 Å². The number of hydrogen-bond donors (Lipinski definition) is 1. The first-order chi connectivity index (χ1) is 6.77. The van der Waals surface area contributed by atoms with Crippen LogP contribution in [0.1, 0.15) is 44.8 Å². The fourth-order valence-electron chi connectivity index (χ4n) is 1.48. The molecule has 0 saturated carbocycles. The van der Waals surface area contributed by atoms with E-state index in [1.165, 1.54) is 6.42 Å². The summed E-state index contributed by atoms with van der Waals surface area (Å²) >= 11 is 0. The van der Waals surface area contributed by atoms with Gasteiger partial charge < -0.3 is 5.73 Å². The van der Waals surface area contributed by atoms with Gasteiger partial charge in [-0.05, 0) is 32.7 Å². The fourth-order valence-corrected chi connectivity index (χ4v) is 1.48. The second kappa shape index (κ2) is 5.75. The number of aryl methyl sites for hydroxylation is 1. The molecular formula is C10H20N4. The van der Waals surface area contributed by atoms with Crippen molar-refractivity contribution in [1.29, 1.82) is 0 Å². The Morgan fingerprint density at radius 1 is 1.57 bits per heavy atom. The highest BCUT2D eigenvalue weighted by Gasteiger charge is 2.06. The van der Waals surface area contributed by atoms with Crippen LogP contribution in [0.2, 0.25) is 0 Å². The van der Waals surface area contributed by atoms with E-state index in [9.17, 15) is 0 Å². The first-order valence-electron chi connectivity index (χ1n) is 5.38. The summed E-state index contributed by atoms with van der Waals surface area (Å²) in [7, 11) is 0. The summed E-state index contributed by atoms with van der Waals surface area (Å²) in [6, 6.07) is 0.458. The Bertz CT molecular complexity index is 256. The van der Waals surface area contributed by atoms with Gasteiger partial charge in [0.05, 0.1) is 11.7 Å². The second-order valence-corrected chi connectivity index (χ2v) is 3.72. The van der Waals surface area contributed by atoms with Crippen LogP contribution in [-0.4, -0.2) is 21.5 Å². The molecule has 1 unspecified atom stereocenters. The third-order valence-corrected chi connectivity index (χ3v) is 2.35. The lowest BCUT2D eigenvalue weighted by Crippen LogP contribution is -2.05. The van der Waals surface area contributed by atoms with Crippen molar-refractivity contribution < 1.29 is 0 Å². The zero-order chi connectivity index (χ0) is 10.4. The molecule has 0 aromatic carbocycles. The Morgan fingerprint density at radius 2 is 2.36 bits per heavy atom. The van der Waals surface area contributed by atoms with Crippen molar-refractivity contribution in [2.45, 2.75) is 45.6 Å². The van der Waals surface area contributed by atoms with Gasteiger partial charge >= 0.3 is 0 Å². The summed E-state index contributed by atoms with van der Waals surface area (Å²) in [5.74, 6) is 0. The van der Waals surface area contributed by atoms with Crippen molar-refractivity contribution >= 4 is 0 Å². The van der Waals surface area contributed by atoms with E-state index < -0.39 is 0 Å². The van der Waals surface area contributed by atoms with Crippen LogP contribution in [0.15, 0.2) is 6.20 Å². The molecule has 1 aromatic rings. The quantitative estimate of drug-likeness (QED) is 0.750. The molecule has 1 heterocycles. The molecule has 0 aliphatic rings. The maximum absolute atomic E-state index is 5.44. The highest BCUT2D eigenvalue weighted by Crippen LogP contribution is 2.11. The molecule has 0 amide bonds. The first kappa shape index (κ1) is 11.2. The highest BCUT2D eigenvalue weighted by atomic mass is 15.4. The van der Waals surface area contributed by atoms with Gasteiger partial charge in [-0.1, -0.05) is 18.6 Å². The molecule has 1 aromatic heterocycles. The van der Waals surface area contributed by atoms with E-state index in [0.29, 0.717) is 6.04 Å². The maximum Gasteiger partial charge on any atom is 0.0827 e. The fraction of sp³-hybridized carbons (Fsp3) is 0.800. The number of rotatable bonds is 6. The Labute approximate surface area is 85.5 Å². The average Bonchev–Trinajstić information content (AvgIpc) is 2.63. The van der Waals surface area contributed by atoms with E-state index in [0.717, 1.165) is 31.5 Å². The van der Waals surface area contributed by atoms with E-state index in [1.54, 1.807) is 0 Å². The van der Waals surface area contributed by atoms with E-state index >= 15 is 0 Å². The molecular weight excluding hydrogens is 176 g/mol. The normalized spacial score (nSPS) is 13.1. The topological polar surface area (TPSA) is 56.7 Å². The van der Waals surface area contributed by atoms with E-state index in [1.807, 2.05) is 10.9 Å². The highest BCUT2D eigenvalue weighted by molar-refractivity contribution is 4.93. The summed E-state index contributed by atoms with van der Waals surface area (Å²) in [5.41, 5.74) is 6.49. The van der Waals surface area contributed by atoms with Crippen molar-refractivity contribution in [1.82, 2.24) is 15.0 Å². The predicted molar refractivity (Wildman–Crippen MR) is 57.0 cm³/mol. The van der Waals surface area contributed by atoms with Gasteiger partial charge in [-0.15, -0.1) is 5.10 Å². The second-order valence-electron chi connectivity index (χ2n) is 3.72. The van der Waals surface area contributed by atoms with E-state index in [2.05, 4.69) is 24.2 Å². The average molecular weight is 196 g/mol. The minimum Gasteiger partial charge on any atom is -0.330 e. The molecule has 0 radical (unpaired) electrons. The van der Waals surface area contributed by atoms with Gasteiger partial charge in [0, 0.05) is 6.20 Å². The zero-order valence-electron chi connectivity index (χ0n) is 9.11. The Kier molecular flexibility index (Phi) is 4.59. The lowest BCUT2D eigenvalue weighted by Gasteiger charge is -2.08. The molecule has 0 fully saturated rings. The van der Waals surface area contributed by atoms with Crippen LogP contribution in [-0.2, 0) is 6.42 Å². The van der Waals surface area contributed by atoms with Crippen molar-refractivity contribution in [2.24, 2.45) is 5.73 Å². The molecule has 0 saturated heterocycles. The van der Waals surface area contributed by atoms with Gasteiger partial charge in [0.25, 0.3) is 0 Å². The molecule has 1 rings (SSSR count). The Hall–Kier alpha value is -0.900. The minimum atomic E-state index is 0.458. The van der Waals surface area contributed by atoms with Crippen LogP contribution in [0.3, 0.4) is 0 Å². The van der Waals surface area contributed by atoms with Crippen LogP contribution < -0.4 is 5.73 Å².